The van der Waals surface area contributed by atoms with E-state index in [0.717, 1.165) is 0 Å². The SMILES string of the molecule is COP(=O)(OC)OCC(CO[Si](C)(C)C)O[Si](C)(C)C. The predicted molar refractivity (Wildman–Crippen MR) is 85.1 cm³/mol. The lowest BCUT2D eigenvalue weighted by Gasteiger charge is -2.29. The number of hydrogen-bond donors (Lipinski definition) is 0. The minimum Gasteiger partial charge on any atom is -0.415 e. The molecule has 0 spiro atoms. The van der Waals surface area contributed by atoms with Crippen molar-refractivity contribution in [2.45, 2.75) is 45.4 Å². The molecule has 0 rings (SSSR count). The number of hydrogen-bond acceptors (Lipinski definition) is 6. The Labute approximate surface area is 125 Å². The molecule has 0 fully saturated rings. The maximum absolute atomic E-state index is 11.9. The van der Waals surface area contributed by atoms with Gasteiger partial charge >= 0.3 is 7.82 Å². The first-order valence-corrected chi connectivity index (χ1v) is 14.9. The molecule has 122 valence electrons. The van der Waals surface area contributed by atoms with Crippen LogP contribution < -0.4 is 0 Å². The van der Waals surface area contributed by atoms with Crippen molar-refractivity contribution in [3.8, 4) is 0 Å². The number of rotatable bonds is 10. The highest BCUT2D eigenvalue weighted by Crippen LogP contribution is 2.47. The second-order valence-electron chi connectivity index (χ2n) is 6.38. The predicted octanol–water partition coefficient (Wildman–Crippen LogP) is 3.48. The van der Waals surface area contributed by atoms with Gasteiger partial charge in [0.1, 0.15) is 0 Å². The van der Waals surface area contributed by atoms with E-state index in [9.17, 15) is 4.57 Å². The minimum atomic E-state index is -3.47. The molecule has 0 aliphatic rings. The molecule has 0 aliphatic carbocycles. The van der Waals surface area contributed by atoms with Gasteiger partial charge in [0, 0.05) is 14.2 Å². The summed E-state index contributed by atoms with van der Waals surface area (Å²) in [4.78, 5) is 0. The first-order chi connectivity index (χ1) is 8.91. The fourth-order valence-electron chi connectivity index (χ4n) is 1.31. The zero-order valence-electron chi connectivity index (χ0n) is 13.9. The summed E-state index contributed by atoms with van der Waals surface area (Å²) in [5, 5.41) is 0. The van der Waals surface area contributed by atoms with Crippen LogP contribution in [-0.4, -0.2) is 50.2 Å². The third kappa shape index (κ3) is 10.2. The largest absolute Gasteiger partial charge is 0.474 e. The zero-order chi connectivity index (χ0) is 16.0. The van der Waals surface area contributed by atoms with Gasteiger partial charge < -0.3 is 8.85 Å². The van der Waals surface area contributed by atoms with Gasteiger partial charge in [0.2, 0.25) is 0 Å². The van der Waals surface area contributed by atoms with Gasteiger partial charge in [-0.2, -0.15) is 0 Å². The van der Waals surface area contributed by atoms with E-state index in [1.165, 1.54) is 14.2 Å². The second-order valence-corrected chi connectivity index (χ2v) is 17.2. The average Bonchev–Trinajstić information content (AvgIpc) is 2.29. The number of phosphoric ester groups is 1. The van der Waals surface area contributed by atoms with Crippen molar-refractivity contribution in [1.82, 2.24) is 0 Å². The molecule has 0 saturated heterocycles. The summed E-state index contributed by atoms with van der Waals surface area (Å²) in [5.74, 6) is 0. The van der Waals surface area contributed by atoms with Crippen LogP contribution in [0.3, 0.4) is 0 Å². The van der Waals surface area contributed by atoms with E-state index in [-0.39, 0.29) is 12.7 Å². The molecule has 6 nitrogen and oxygen atoms in total. The Morgan fingerprint density at radius 2 is 1.40 bits per heavy atom. The van der Waals surface area contributed by atoms with Crippen molar-refractivity contribution in [2.24, 2.45) is 0 Å². The summed E-state index contributed by atoms with van der Waals surface area (Å²) < 4.78 is 38.5. The Kier molecular flexibility index (Phi) is 8.38. The molecule has 20 heavy (non-hydrogen) atoms. The van der Waals surface area contributed by atoms with Crippen LogP contribution in [0, 0.1) is 0 Å². The first kappa shape index (κ1) is 20.5. The maximum atomic E-state index is 11.9. The maximum Gasteiger partial charge on any atom is 0.474 e. The van der Waals surface area contributed by atoms with Crippen LogP contribution in [-0.2, 0) is 27.0 Å². The van der Waals surface area contributed by atoms with E-state index < -0.39 is 24.5 Å². The lowest BCUT2D eigenvalue weighted by Crippen LogP contribution is -2.40. The molecule has 0 radical (unpaired) electrons. The van der Waals surface area contributed by atoms with E-state index in [1.54, 1.807) is 0 Å². The highest BCUT2D eigenvalue weighted by molar-refractivity contribution is 7.48. The van der Waals surface area contributed by atoms with Crippen molar-refractivity contribution in [3.63, 3.8) is 0 Å². The fourth-order valence-corrected chi connectivity index (χ4v) is 3.84. The highest BCUT2D eigenvalue weighted by Gasteiger charge is 2.29. The van der Waals surface area contributed by atoms with Gasteiger partial charge in [-0.15, -0.1) is 0 Å². The second kappa shape index (κ2) is 8.19. The quantitative estimate of drug-likeness (QED) is 0.447. The van der Waals surface area contributed by atoms with E-state index in [0.29, 0.717) is 6.61 Å². The van der Waals surface area contributed by atoms with E-state index in [2.05, 4.69) is 39.3 Å². The standard InChI is InChI=1S/C11H29O6PSi2/c1-13-18(12,14-2)15-9-11(17-20(6,7)8)10-16-19(3,4)5/h11H,9-10H2,1-8H3. The molecule has 0 aromatic rings. The molecule has 0 aliphatic heterocycles. The third-order valence-corrected chi connectivity index (χ3v) is 5.52. The summed E-state index contributed by atoms with van der Waals surface area (Å²) in [6, 6.07) is 0. The van der Waals surface area contributed by atoms with E-state index in [4.69, 9.17) is 22.4 Å². The normalized spacial score (nSPS) is 15.4. The van der Waals surface area contributed by atoms with Crippen LogP contribution in [0.5, 0.6) is 0 Å². The van der Waals surface area contributed by atoms with Crippen molar-refractivity contribution in [3.05, 3.63) is 0 Å². The van der Waals surface area contributed by atoms with E-state index in [1.807, 2.05) is 0 Å². The summed E-state index contributed by atoms with van der Waals surface area (Å²) >= 11 is 0. The van der Waals surface area contributed by atoms with Gasteiger partial charge in [-0.3, -0.25) is 13.6 Å². The molecule has 0 heterocycles. The summed E-state index contributed by atoms with van der Waals surface area (Å²) in [6.45, 7) is 13.1. The van der Waals surface area contributed by atoms with Crippen molar-refractivity contribution in [1.29, 1.82) is 0 Å². The topological polar surface area (TPSA) is 63.2 Å². The van der Waals surface area contributed by atoms with Crippen LogP contribution in [0.25, 0.3) is 0 Å². The van der Waals surface area contributed by atoms with Gasteiger partial charge in [-0.05, 0) is 39.3 Å². The summed E-state index contributed by atoms with van der Waals surface area (Å²) in [7, 11) is -4.28. The van der Waals surface area contributed by atoms with Crippen molar-refractivity contribution >= 4 is 24.5 Å². The van der Waals surface area contributed by atoms with Gasteiger partial charge in [-0.1, -0.05) is 0 Å². The smallest absolute Gasteiger partial charge is 0.415 e. The Morgan fingerprint density at radius 1 is 0.900 bits per heavy atom. The Balaban J connectivity index is 4.57. The zero-order valence-corrected chi connectivity index (χ0v) is 16.8. The van der Waals surface area contributed by atoms with Gasteiger partial charge in [0.15, 0.2) is 16.6 Å². The first-order valence-electron chi connectivity index (χ1n) is 6.58. The molecule has 0 aromatic heterocycles. The molecule has 0 saturated carbocycles. The Hall–Kier alpha value is 0.464. The monoisotopic (exact) mass is 344 g/mol. The molecule has 1 atom stereocenters. The molecule has 0 aromatic carbocycles. The van der Waals surface area contributed by atoms with Gasteiger partial charge in [0.05, 0.1) is 19.3 Å². The fraction of sp³-hybridized carbons (Fsp3) is 1.00. The van der Waals surface area contributed by atoms with Crippen LogP contribution in [0.15, 0.2) is 0 Å². The van der Waals surface area contributed by atoms with Gasteiger partial charge in [-0.25, -0.2) is 4.57 Å². The Morgan fingerprint density at radius 3 is 1.75 bits per heavy atom. The molecular weight excluding hydrogens is 315 g/mol. The highest BCUT2D eigenvalue weighted by atomic mass is 31.2. The van der Waals surface area contributed by atoms with Crippen LogP contribution in [0.1, 0.15) is 0 Å². The van der Waals surface area contributed by atoms with Gasteiger partial charge in [0.25, 0.3) is 0 Å². The van der Waals surface area contributed by atoms with Crippen LogP contribution in [0.4, 0.5) is 0 Å². The summed E-state index contributed by atoms with van der Waals surface area (Å²) in [5.41, 5.74) is 0. The molecule has 0 amide bonds. The molecular formula is C11H29O6PSi2. The Bertz CT molecular complexity index is 318. The lowest BCUT2D eigenvalue weighted by molar-refractivity contribution is 0.0519. The summed E-state index contributed by atoms with van der Waals surface area (Å²) in [6.07, 6.45) is -0.271. The number of phosphoric acid groups is 1. The minimum absolute atomic E-state index is 0.119. The molecule has 0 bridgehead atoms. The van der Waals surface area contributed by atoms with E-state index >= 15 is 0 Å². The molecule has 9 heteroatoms. The third-order valence-electron chi connectivity index (χ3n) is 2.09. The van der Waals surface area contributed by atoms with Crippen LogP contribution in [0.2, 0.25) is 39.3 Å². The van der Waals surface area contributed by atoms with Crippen molar-refractivity contribution in [2.75, 3.05) is 27.4 Å². The van der Waals surface area contributed by atoms with Crippen LogP contribution >= 0.6 is 7.82 Å². The van der Waals surface area contributed by atoms with Crippen molar-refractivity contribution < 1.29 is 27.0 Å². The lowest BCUT2D eigenvalue weighted by atomic mass is 10.4. The average molecular weight is 344 g/mol. The molecule has 0 N–H and O–H groups in total. The molecule has 1 unspecified atom stereocenters.